The van der Waals surface area contributed by atoms with Gasteiger partial charge in [0.2, 0.25) is 0 Å². The summed E-state index contributed by atoms with van der Waals surface area (Å²) >= 11 is 1.40. The second-order valence-corrected chi connectivity index (χ2v) is 5.35. The molecule has 5 heteroatoms. The number of thiophene rings is 1. The molecule has 0 aliphatic carbocycles. The van der Waals surface area contributed by atoms with Gasteiger partial charge < -0.3 is 10.1 Å². The van der Waals surface area contributed by atoms with Crippen LogP contribution in [0.3, 0.4) is 0 Å². The van der Waals surface area contributed by atoms with Crippen LogP contribution in [-0.4, -0.2) is 18.9 Å². The summed E-state index contributed by atoms with van der Waals surface area (Å²) in [7, 11) is 0. The molecule has 0 spiro atoms. The SMILES string of the molecule is O=Cc1ccc(C=CCNC(=O)OCc2ccccc2)s1. The summed E-state index contributed by atoms with van der Waals surface area (Å²) in [5, 5.41) is 2.63. The van der Waals surface area contributed by atoms with Crippen LogP contribution in [0, 0.1) is 0 Å². The van der Waals surface area contributed by atoms with Crippen LogP contribution in [-0.2, 0) is 11.3 Å². The van der Waals surface area contributed by atoms with Crippen LogP contribution < -0.4 is 5.32 Å². The number of nitrogens with one attached hydrogen (secondary N) is 1. The van der Waals surface area contributed by atoms with E-state index in [-0.39, 0.29) is 6.61 Å². The van der Waals surface area contributed by atoms with Gasteiger partial charge in [0.1, 0.15) is 6.61 Å². The molecule has 108 valence electrons. The van der Waals surface area contributed by atoms with Crippen LogP contribution >= 0.6 is 11.3 Å². The van der Waals surface area contributed by atoms with Gasteiger partial charge in [-0.15, -0.1) is 11.3 Å². The van der Waals surface area contributed by atoms with Crippen LogP contribution in [0.15, 0.2) is 48.5 Å². The summed E-state index contributed by atoms with van der Waals surface area (Å²) in [5.41, 5.74) is 0.947. The zero-order chi connectivity index (χ0) is 14.9. The first-order valence-corrected chi connectivity index (χ1v) is 7.25. The summed E-state index contributed by atoms with van der Waals surface area (Å²) in [6.07, 6.45) is 4.03. The molecule has 1 aromatic heterocycles. The molecule has 0 saturated carbocycles. The minimum absolute atomic E-state index is 0.254. The fourth-order valence-electron chi connectivity index (χ4n) is 1.61. The maximum Gasteiger partial charge on any atom is 0.407 e. The molecule has 1 amide bonds. The zero-order valence-corrected chi connectivity index (χ0v) is 12.1. The van der Waals surface area contributed by atoms with Crippen LogP contribution in [0.4, 0.5) is 4.79 Å². The molecule has 1 aromatic carbocycles. The number of ether oxygens (including phenoxy) is 1. The van der Waals surface area contributed by atoms with Gasteiger partial charge >= 0.3 is 6.09 Å². The van der Waals surface area contributed by atoms with E-state index in [2.05, 4.69) is 5.32 Å². The lowest BCUT2D eigenvalue weighted by Crippen LogP contribution is -2.24. The Hall–Kier alpha value is -2.40. The fourth-order valence-corrected chi connectivity index (χ4v) is 2.37. The van der Waals surface area contributed by atoms with Gasteiger partial charge in [-0.3, -0.25) is 4.79 Å². The number of rotatable bonds is 6. The lowest BCUT2D eigenvalue weighted by Gasteiger charge is -2.04. The maximum absolute atomic E-state index is 11.5. The summed E-state index contributed by atoms with van der Waals surface area (Å²) in [6, 6.07) is 13.1. The third kappa shape index (κ3) is 5.24. The average molecular weight is 301 g/mol. The number of amides is 1. The number of aldehydes is 1. The molecule has 0 unspecified atom stereocenters. The molecular formula is C16H15NO3S. The van der Waals surface area contributed by atoms with E-state index < -0.39 is 6.09 Å². The van der Waals surface area contributed by atoms with Gasteiger partial charge in [0.05, 0.1) is 4.88 Å². The lowest BCUT2D eigenvalue weighted by atomic mass is 10.2. The Morgan fingerprint density at radius 3 is 2.62 bits per heavy atom. The quantitative estimate of drug-likeness (QED) is 0.831. The number of hydrogen-bond donors (Lipinski definition) is 1. The van der Waals surface area contributed by atoms with Crippen LogP contribution in [0.5, 0.6) is 0 Å². The third-order valence-corrected chi connectivity index (χ3v) is 3.60. The Morgan fingerprint density at radius 2 is 1.90 bits per heavy atom. The van der Waals surface area contributed by atoms with Crippen molar-refractivity contribution in [2.24, 2.45) is 0 Å². The van der Waals surface area contributed by atoms with Crippen molar-refractivity contribution >= 4 is 29.8 Å². The van der Waals surface area contributed by atoms with Crippen molar-refractivity contribution in [2.75, 3.05) is 6.54 Å². The minimum atomic E-state index is -0.455. The van der Waals surface area contributed by atoms with Crippen molar-refractivity contribution in [3.05, 3.63) is 63.9 Å². The van der Waals surface area contributed by atoms with Crippen molar-refractivity contribution in [3.8, 4) is 0 Å². The average Bonchev–Trinajstić information content (AvgIpc) is 2.98. The Kier molecular flexibility index (Phi) is 5.72. The molecule has 0 fully saturated rings. The molecule has 0 aliphatic heterocycles. The fraction of sp³-hybridized carbons (Fsp3) is 0.125. The first-order chi connectivity index (χ1) is 10.3. The molecular weight excluding hydrogens is 286 g/mol. The Balaban J connectivity index is 1.68. The predicted octanol–water partition coefficient (Wildman–Crippen LogP) is 3.50. The Bertz CT molecular complexity index is 619. The van der Waals surface area contributed by atoms with Crippen molar-refractivity contribution < 1.29 is 14.3 Å². The predicted molar refractivity (Wildman–Crippen MR) is 83.4 cm³/mol. The number of benzene rings is 1. The van der Waals surface area contributed by atoms with Crippen LogP contribution in [0.25, 0.3) is 6.08 Å². The summed E-state index contributed by atoms with van der Waals surface area (Å²) < 4.78 is 5.07. The molecule has 2 rings (SSSR count). The largest absolute Gasteiger partial charge is 0.445 e. The second-order valence-electron chi connectivity index (χ2n) is 4.20. The van der Waals surface area contributed by atoms with E-state index in [1.165, 1.54) is 11.3 Å². The Morgan fingerprint density at radius 1 is 1.14 bits per heavy atom. The number of carbonyl (C=O) groups excluding carboxylic acids is 2. The molecule has 21 heavy (non-hydrogen) atoms. The molecule has 0 bridgehead atoms. The van der Waals surface area contributed by atoms with Crippen LogP contribution in [0.2, 0.25) is 0 Å². The molecule has 0 saturated heterocycles. The zero-order valence-electron chi connectivity index (χ0n) is 11.3. The highest BCUT2D eigenvalue weighted by Crippen LogP contribution is 2.15. The Labute approximate surface area is 127 Å². The van der Waals surface area contributed by atoms with Gasteiger partial charge in [-0.25, -0.2) is 4.79 Å². The molecule has 2 aromatic rings. The van der Waals surface area contributed by atoms with E-state index in [0.29, 0.717) is 11.4 Å². The molecule has 1 N–H and O–H groups in total. The van der Waals surface area contributed by atoms with E-state index in [0.717, 1.165) is 16.7 Å². The number of alkyl carbamates (subject to hydrolysis) is 1. The topological polar surface area (TPSA) is 55.4 Å². The first kappa shape index (κ1) is 15.0. The van der Waals surface area contributed by atoms with Gasteiger partial charge in [0, 0.05) is 11.4 Å². The molecule has 0 atom stereocenters. The van der Waals surface area contributed by atoms with Crippen molar-refractivity contribution in [1.82, 2.24) is 5.32 Å². The highest BCUT2D eigenvalue weighted by Gasteiger charge is 2.00. The monoisotopic (exact) mass is 301 g/mol. The van der Waals surface area contributed by atoms with E-state index in [9.17, 15) is 9.59 Å². The van der Waals surface area contributed by atoms with Gasteiger partial charge in [-0.2, -0.15) is 0 Å². The third-order valence-electron chi connectivity index (χ3n) is 2.62. The second kappa shape index (κ2) is 8.01. The van der Waals surface area contributed by atoms with Crippen molar-refractivity contribution in [2.45, 2.75) is 6.61 Å². The summed E-state index contributed by atoms with van der Waals surface area (Å²) in [5.74, 6) is 0. The molecule has 0 aliphatic rings. The molecule has 1 heterocycles. The van der Waals surface area contributed by atoms with Gasteiger partial charge in [0.15, 0.2) is 6.29 Å². The van der Waals surface area contributed by atoms with Gasteiger partial charge in [0.25, 0.3) is 0 Å². The smallest absolute Gasteiger partial charge is 0.407 e. The van der Waals surface area contributed by atoms with Gasteiger partial charge in [-0.05, 0) is 23.8 Å². The molecule has 0 radical (unpaired) electrons. The van der Waals surface area contributed by atoms with E-state index in [1.807, 2.05) is 48.6 Å². The van der Waals surface area contributed by atoms with Crippen molar-refractivity contribution in [1.29, 1.82) is 0 Å². The minimum Gasteiger partial charge on any atom is -0.445 e. The lowest BCUT2D eigenvalue weighted by molar-refractivity contribution is 0.112. The molecule has 4 nitrogen and oxygen atoms in total. The van der Waals surface area contributed by atoms with E-state index in [1.54, 1.807) is 6.07 Å². The summed E-state index contributed by atoms with van der Waals surface area (Å²) in [4.78, 5) is 23.7. The number of carbonyl (C=O) groups is 2. The maximum atomic E-state index is 11.5. The normalized spacial score (nSPS) is 10.5. The highest BCUT2D eigenvalue weighted by atomic mass is 32.1. The van der Waals surface area contributed by atoms with Gasteiger partial charge in [-0.1, -0.05) is 36.4 Å². The van der Waals surface area contributed by atoms with Crippen molar-refractivity contribution in [3.63, 3.8) is 0 Å². The first-order valence-electron chi connectivity index (χ1n) is 6.44. The van der Waals surface area contributed by atoms with Crippen LogP contribution in [0.1, 0.15) is 20.1 Å². The summed E-state index contributed by atoms with van der Waals surface area (Å²) in [6.45, 7) is 0.631. The van der Waals surface area contributed by atoms with E-state index >= 15 is 0 Å². The number of hydrogen-bond acceptors (Lipinski definition) is 4. The van der Waals surface area contributed by atoms with E-state index in [4.69, 9.17) is 4.74 Å². The highest BCUT2D eigenvalue weighted by molar-refractivity contribution is 7.14. The standard InChI is InChI=1S/C16H15NO3S/c18-11-15-9-8-14(21-15)7-4-10-17-16(19)20-12-13-5-2-1-3-6-13/h1-9,11H,10,12H2,(H,17,19).